The number of aryl methyl sites for hydroxylation is 2. The van der Waals surface area contributed by atoms with Crippen LogP contribution in [0.1, 0.15) is 22.8 Å². The molecule has 0 aliphatic rings. The second-order valence-corrected chi connectivity index (χ2v) is 7.45. The van der Waals surface area contributed by atoms with E-state index in [0.29, 0.717) is 28.8 Å². The van der Waals surface area contributed by atoms with E-state index in [0.717, 1.165) is 21.4 Å². The van der Waals surface area contributed by atoms with Crippen LogP contribution in [0, 0.1) is 6.92 Å². The Kier molecular flexibility index (Phi) is 5.10. The highest BCUT2D eigenvalue weighted by Gasteiger charge is 2.20. The Morgan fingerprint density at radius 1 is 1.00 bits per heavy atom. The summed E-state index contributed by atoms with van der Waals surface area (Å²) in [6.07, 6.45) is 1.79. The molecule has 4 aromatic rings. The number of ether oxygens (including phenoxy) is 1. The molecule has 2 aromatic carbocycles. The van der Waals surface area contributed by atoms with Crippen LogP contribution in [0.15, 0.2) is 64.3 Å². The summed E-state index contributed by atoms with van der Waals surface area (Å²) < 4.78 is 9.53. The number of aromatic nitrogens is 3. The van der Waals surface area contributed by atoms with Crippen LogP contribution in [0.5, 0.6) is 0 Å². The fourth-order valence-corrected chi connectivity index (χ4v) is 3.79. The zero-order valence-corrected chi connectivity index (χ0v) is 17.9. The molecule has 7 heteroatoms. The van der Waals surface area contributed by atoms with Gasteiger partial charge in [0.15, 0.2) is 0 Å². The fraction of sp³-hybridized carbons (Fsp3) is 0.208. The first-order valence-electron chi connectivity index (χ1n) is 9.99. The van der Waals surface area contributed by atoms with Crippen molar-refractivity contribution in [1.82, 2.24) is 13.7 Å². The molecule has 0 spiro atoms. The normalized spacial score (nSPS) is 11.1. The first-order valence-corrected chi connectivity index (χ1v) is 9.99. The molecule has 0 aliphatic heterocycles. The molecular formula is C24H23N3O4. The van der Waals surface area contributed by atoms with Crippen molar-refractivity contribution >= 4 is 16.9 Å². The number of nitrogens with zero attached hydrogens (tertiary/aromatic N) is 3. The molecule has 0 bridgehead atoms. The molecule has 158 valence electrons. The molecule has 7 nitrogen and oxygen atoms in total. The van der Waals surface area contributed by atoms with Crippen molar-refractivity contribution in [3.63, 3.8) is 0 Å². The topological polar surface area (TPSA) is 75.2 Å². The summed E-state index contributed by atoms with van der Waals surface area (Å²) in [5.74, 6) is -0.387. The smallest absolute Gasteiger partial charge is 0.338 e. The van der Waals surface area contributed by atoms with Gasteiger partial charge in [0.05, 0.1) is 28.8 Å². The first-order chi connectivity index (χ1) is 14.8. The number of carbonyl (C=O) groups excluding carboxylic acids is 1. The van der Waals surface area contributed by atoms with Gasteiger partial charge in [0.25, 0.3) is 5.56 Å². The predicted molar refractivity (Wildman–Crippen MR) is 120 cm³/mol. The minimum Gasteiger partial charge on any atom is -0.462 e. The third-order valence-electron chi connectivity index (χ3n) is 5.39. The number of hydrogen-bond donors (Lipinski definition) is 0. The lowest BCUT2D eigenvalue weighted by Crippen LogP contribution is -2.36. The quantitative estimate of drug-likeness (QED) is 0.478. The minimum absolute atomic E-state index is 0.304. The lowest BCUT2D eigenvalue weighted by molar-refractivity contribution is 0.0526. The average molecular weight is 417 g/mol. The molecule has 0 fully saturated rings. The molecule has 2 heterocycles. The van der Waals surface area contributed by atoms with E-state index in [1.54, 1.807) is 44.4 Å². The molecule has 0 radical (unpaired) electrons. The molecule has 0 aliphatic carbocycles. The van der Waals surface area contributed by atoms with E-state index in [9.17, 15) is 14.4 Å². The second kappa shape index (κ2) is 7.75. The van der Waals surface area contributed by atoms with Gasteiger partial charge in [-0.3, -0.25) is 13.9 Å². The van der Waals surface area contributed by atoms with Gasteiger partial charge in [-0.25, -0.2) is 9.59 Å². The van der Waals surface area contributed by atoms with Crippen LogP contribution < -0.4 is 11.2 Å². The van der Waals surface area contributed by atoms with Crippen LogP contribution in [0.2, 0.25) is 0 Å². The highest BCUT2D eigenvalue weighted by atomic mass is 16.5. The van der Waals surface area contributed by atoms with Crippen molar-refractivity contribution in [1.29, 1.82) is 0 Å². The standard InChI is InChI=1S/C24H23N3O4/c1-5-31-23(29)16-9-11-18(12-10-16)27-14-19-20(22(28)26(4)24(30)25(19)3)21(27)17-8-6-7-15(2)13-17/h6-14H,5H2,1-4H3. The Morgan fingerprint density at radius 3 is 2.35 bits per heavy atom. The average Bonchev–Trinajstić information content (AvgIpc) is 3.17. The number of carbonyl (C=O) groups is 1. The molecule has 0 amide bonds. The number of rotatable bonds is 4. The third-order valence-corrected chi connectivity index (χ3v) is 5.39. The van der Waals surface area contributed by atoms with E-state index in [2.05, 4.69) is 0 Å². The van der Waals surface area contributed by atoms with Crippen LogP contribution in [0.25, 0.3) is 27.8 Å². The lowest BCUT2D eigenvalue weighted by Gasteiger charge is -2.11. The highest BCUT2D eigenvalue weighted by molar-refractivity contribution is 5.95. The highest BCUT2D eigenvalue weighted by Crippen LogP contribution is 2.31. The van der Waals surface area contributed by atoms with E-state index < -0.39 is 0 Å². The number of esters is 1. The molecule has 0 atom stereocenters. The summed E-state index contributed by atoms with van der Waals surface area (Å²) in [5.41, 5.74) is 3.62. The van der Waals surface area contributed by atoms with Crippen molar-refractivity contribution in [2.24, 2.45) is 14.1 Å². The van der Waals surface area contributed by atoms with E-state index in [1.807, 2.05) is 35.8 Å². The SMILES string of the molecule is CCOC(=O)c1ccc(-n2cc3c(c2-c2cccc(C)c2)c(=O)n(C)c(=O)n3C)cc1. The summed E-state index contributed by atoms with van der Waals surface area (Å²) in [5, 5.41) is 0.463. The Bertz CT molecular complexity index is 1420. The zero-order valence-electron chi connectivity index (χ0n) is 17.9. The van der Waals surface area contributed by atoms with Gasteiger partial charge in [0.2, 0.25) is 0 Å². The Labute approximate surface area is 178 Å². The summed E-state index contributed by atoms with van der Waals surface area (Å²) in [4.78, 5) is 37.6. The van der Waals surface area contributed by atoms with E-state index in [4.69, 9.17) is 4.74 Å². The Balaban J connectivity index is 2.04. The predicted octanol–water partition coefficient (Wildman–Crippen LogP) is 3.18. The molecule has 4 rings (SSSR count). The van der Waals surface area contributed by atoms with Gasteiger partial charge < -0.3 is 9.30 Å². The van der Waals surface area contributed by atoms with Gasteiger partial charge in [-0.05, 0) is 49.7 Å². The number of fused-ring (bicyclic) bond motifs is 1. The maximum absolute atomic E-state index is 13.1. The summed E-state index contributed by atoms with van der Waals surface area (Å²) in [6.45, 7) is 4.05. The van der Waals surface area contributed by atoms with Gasteiger partial charge in [-0.2, -0.15) is 0 Å². The molecule has 0 N–H and O–H groups in total. The Hall–Kier alpha value is -3.87. The van der Waals surface area contributed by atoms with Gasteiger partial charge >= 0.3 is 11.7 Å². The van der Waals surface area contributed by atoms with Crippen LogP contribution in [-0.2, 0) is 18.8 Å². The van der Waals surface area contributed by atoms with Gasteiger partial charge in [-0.15, -0.1) is 0 Å². The maximum Gasteiger partial charge on any atom is 0.338 e. The number of benzene rings is 2. The van der Waals surface area contributed by atoms with Gasteiger partial charge in [-0.1, -0.05) is 23.8 Å². The number of hydrogen-bond acceptors (Lipinski definition) is 4. The largest absolute Gasteiger partial charge is 0.462 e. The Morgan fingerprint density at radius 2 is 1.71 bits per heavy atom. The monoisotopic (exact) mass is 417 g/mol. The maximum atomic E-state index is 13.1. The van der Waals surface area contributed by atoms with Crippen LogP contribution in [0.3, 0.4) is 0 Å². The summed E-state index contributed by atoms with van der Waals surface area (Å²) in [6, 6.07) is 14.8. The lowest BCUT2D eigenvalue weighted by atomic mass is 10.1. The van der Waals surface area contributed by atoms with Crippen molar-refractivity contribution in [3.05, 3.63) is 86.7 Å². The van der Waals surface area contributed by atoms with Crippen molar-refractivity contribution in [2.45, 2.75) is 13.8 Å². The van der Waals surface area contributed by atoms with E-state index in [-0.39, 0.29) is 17.2 Å². The van der Waals surface area contributed by atoms with E-state index in [1.165, 1.54) is 11.6 Å². The minimum atomic E-state index is -0.387. The first kappa shape index (κ1) is 20.4. The summed E-state index contributed by atoms with van der Waals surface area (Å²) in [7, 11) is 3.13. The molecule has 0 unspecified atom stereocenters. The van der Waals surface area contributed by atoms with Crippen LogP contribution >= 0.6 is 0 Å². The summed E-state index contributed by atoms with van der Waals surface area (Å²) >= 11 is 0. The van der Waals surface area contributed by atoms with Gasteiger partial charge in [0.1, 0.15) is 0 Å². The molecule has 0 saturated heterocycles. The van der Waals surface area contributed by atoms with Crippen molar-refractivity contribution in [2.75, 3.05) is 6.61 Å². The van der Waals surface area contributed by atoms with Crippen LogP contribution in [-0.4, -0.2) is 26.3 Å². The zero-order chi connectivity index (χ0) is 22.3. The van der Waals surface area contributed by atoms with E-state index >= 15 is 0 Å². The molecule has 0 saturated carbocycles. The molecular weight excluding hydrogens is 394 g/mol. The van der Waals surface area contributed by atoms with Crippen molar-refractivity contribution < 1.29 is 9.53 Å². The fourth-order valence-electron chi connectivity index (χ4n) is 3.79. The molecule has 31 heavy (non-hydrogen) atoms. The second-order valence-electron chi connectivity index (χ2n) is 7.45. The van der Waals surface area contributed by atoms with Crippen molar-refractivity contribution in [3.8, 4) is 16.9 Å². The van der Waals surface area contributed by atoms with Crippen LogP contribution in [0.4, 0.5) is 0 Å². The van der Waals surface area contributed by atoms with Gasteiger partial charge in [0, 0.05) is 26.0 Å². The third kappa shape index (κ3) is 3.38. The molecule has 2 aromatic heterocycles.